The van der Waals surface area contributed by atoms with Gasteiger partial charge in [-0.25, -0.2) is 9.69 Å². The van der Waals surface area contributed by atoms with Gasteiger partial charge in [-0.05, 0) is 38.1 Å². The molecule has 1 aromatic carbocycles. The fraction of sp³-hybridized carbons (Fsp3) is 0.500. The van der Waals surface area contributed by atoms with E-state index in [1.54, 1.807) is 26.0 Å². The summed E-state index contributed by atoms with van der Waals surface area (Å²) in [5.41, 5.74) is 0.257. The number of fused-ring (bicyclic) bond motifs is 1. The molecule has 0 N–H and O–H groups in total. The van der Waals surface area contributed by atoms with Crippen molar-refractivity contribution in [3.05, 3.63) is 29.8 Å². The van der Waals surface area contributed by atoms with E-state index in [0.717, 1.165) is 4.90 Å². The summed E-state index contributed by atoms with van der Waals surface area (Å²) < 4.78 is 27.1. The van der Waals surface area contributed by atoms with E-state index < -0.39 is 41.6 Å². The third kappa shape index (κ3) is 2.88. The van der Waals surface area contributed by atoms with Crippen LogP contribution in [-0.4, -0.2) is 66.7 Å². The zero-order valence-corrected chi connectivity index (χ0v) is 15.1. The van der Waals surface area contributed by atoms with Gasteiger partial charge in [0.05, 0.1) is 13.7 Å². The first-order valence-electron chi connectivity index (χ1n) is 8.47. The van der Waals surface area contributed by atoms with Crippen molar-refractivity contribution in [2.75, 3.05) is 20.3 Å². The van der Waals surface area contributed by atoms with E-state index in [1.807, 2.05) is 0 Å². The van der Waals surface area contributed by atoms with Crippen molar-refractivity contribution in [2.24, 2.45) is 0 Å². The zero-order chi connectivity index (χ0) is 19.4. The van der Waals surface area contributed by atoms with Crippen molar-refractivity contribution < 1.29 is 38.1 Å². The van der Waals surface area contributed by atoms with Crippen molar-refractivity contribution in [1.82, 2.24) is 4.90 Å². The molecule has 4 rings (SSSR count). The van der Waals surface area contributed by atoms with E-state index in [2.05, 4.69) is 0 Å². The molecule has 144 valence electrons. The van der Waals surface area contributed by atoms with Crippen LogP contribution < -0.4 is 4.74 Å². The number of carbonyl (C=O) groups excluding carboxylic acids is 3. The van der Waals surface area contributed by atoms with Gasteiger partial charge in [0.1, 0.15) is 18.4 Å². The summed E-state index contributed by atoms with van der Waals surface area (Å²) in [5, 5.41) is 0. The van der Waals surface area contributed by atoms with Crippen LogP contribution in [0.15, 0.2) is 24.3 Å². The van der Waals surface area contributed by atoms with Crippen LogP contribution in [0.3, 0.4) is 0 Å². The van der Waals surface area contributed by atoms with Crippen LogP contribution >= 0.6 is 0 Å². The Morgan fingerprint density at radius 3 is 2.56 bits per heavy atom. The summed E-state index contributed by atoms with van der Waals surface area (Å²) in [5.74, 6) is -3.40. The second-order valence-electron chi connectivity index (χ2n) is 7.01. The third-order valence-electron chi connectivity index (χ3n) is 4.72. The first kappa shape index (κ1) is 17.9. The van der Waals surface area contributed by atoms with E-state index in [9.17, 15) is 14.4 Å². The van der Waals surface area contributed by atoms with Gasteiger partial charge in [-0.15, -0.1) is 0 Å². The molecule has 2 amide bonds. The quantitative estimate of drug-likeness (QED) is 0.755. The van der Waals surface area contributed by atoms with Crippen LogP contribution in [0.25, 0.3) is 0 Å². The molecule has 27 heavy (non-hydrogen) atoms. The number of amides is 2. The number of rotatable bonds is 2. The number of ketones is 1. The molecule has 1 unspecified atom stereocenters. The SMILES string of the molecule is COc1ccc(C(=O)N2C[C@]3(OC[C@H]4OC(C)(C)OC4C3=O)OC2=O)cc1. The number of Topliss-reactive ketones (excluding diaryl/α,β-unsaturated/α-hetero) is 1. The minimum absolute atomic E-state index is 0.0116. The zero-order valence-electron chi connectivity index (χ0n) is 15.1. The first-order valence-corrected chi connectivity index (χ1v) is 8.47. The van der Waals surface area contributed by atoms with Crippen molar-refractivity contribution >= 4 is 17.8 Å². The van der Waals surface area contributed by atoms with Crippen molar-refractivity contribution in [3.63, 3.8) is 0 Å². The average Bonchev–Trinajstić information content (AvgIpc) is 3.15. The molecule has 3 aliphatic rings. The van der Waals surface area contributed by atoms with Gasteiger partial charge in [-0.1, -0.05) is 0 Å². The molecule has 3 aliphatic heterocycles. The molecule has 0 saturated carbocycles. The number of nitrogens with zero attached hydrogens (tertiary/aromatic N) is 1. The Labute approximate surface area is 155 Å². The summed E-state index contributed by atoms with van der Waals surface area (Å²) in [6, 6.07) is 6.25. The van der Waals surface area contributed by atoms with Gasteiger partial charge in [0, 0.05) is 5.56 Å². The number of ether oxygens (including phenoxy) is 5. The van der Waals surface area contributed by atoms with Crippen molar-refractivity contribution in [2.45, 2.75) is 37.6 Å². The fourth-order valence-electron chi connectivity index (χ4n) is 3.43. The summed E-state index contributed by atoms with van der Waals surface area (Å²) in [6.07, 6.45) is -2.44. The standard InChI is InChI=1S/C18H19NO8/c1-17(2)25-12-8-24-18(14(20)13(12)26-17)9-19(16(22)27-18)15(21)10-4-6-11(23-3)7-5-10/h4-7,12-13H,8-9H2,1-3H3/t12-,13?,18+/m1/s1. The van der Waals surface area contributed by atoms with E-state index in [-0.39, 0.29) is 18.7 Å². The average molecular weight is 377 g/mol. The summed E-state index contributed by atoms with van der Waals surface area (Å²) in [7, 11) is 1.51. The third-order valence-corrected chi connectivity index (χ3v) is 4.72. The number of imide groups is 1. The number of hydrogen-bond donors (Lipinski definition) is 0. The van der Waals surface area contributed by atoms with E-state index >= 15 is 0 Å². The monoisotopic (exact) mass is 377 g/mol. The highest BCUT2D eigenvalue weighted by Crippen LogP contribution is 2.39. The van der Waals surface area contributed by atoms with Crippen LogP contribution in [0.5, 0.6) is 5.75 Å². The Hall–Kier alpha value is -2.49. The van der Waals surface area contributed by atoms with Crippen molar-refractivity contribution in [1.29, 1.82) is 0 Å². The Morgan fingerprint density at radius 2 is 1.89 bits per heavy atom. The summed E-state index contributed by atoms with van der Waals surface area (Å²) >= 11 is 0. The lowest BCUT2D eigenvalue weighted by atomic mass is 9.98. The maximum absolute atomic E-state index is 12.9. The van der Waals surface area contributed by atoms with Gasteiger partial charge >= 0.3 is 6.09 Å². The van der Waals surface area contributed by atoms with E-state index in [1.165, 1.54) is 19.2 Å². The van der Waals surface area contributed by atoms with E-state index in [0.29, 0.717) is 5.75 Å². The number of carbonyl (C=O) groups is 3. The summed E-state index contributed by atoms with van der Waals surface area (Å²) in [4.78, 5) is 38.7. The minimum Gasteiger partial charge on any atom is -0.497 e. The Balaban J connectivity index is 1.55. The second-order valence-corrected chi connectivity index (χ2v) is 7.01. The maximum Gasteiger partial charge on any atom is 0.420 e. The molecule has 3 fully saturated rings. The maximum atomic E-state index is 12.9. The molecular weight excluding hydrogens is 358 g/mol. The lowest BCUT2D eigenvalue weighted by molar-refractivity contribution is -0.219. The smallest absolute Gasteiger partial charge is 0.420 e. The number of hydrogen-bond acceptors (Lipinski definition) is 8. The van der Waals surface area contributed by atoms with Gasteiger partial charge in [0.25, 0.3) is 11.7 Å². The van der Waals surface area contributed by atoms with Crippen LogP contribution in [0.4, 0.5) is 4.79 Å². The van der Waals surface area contributed by atoms with Gasteiger partial charge in [-0.2, -0.15) is 0 Å². The lowest BCUT2D eigenvalue weighted by Gasteiger charge is -2.34. The highest BCUT2D eigenvalue weighted by Gasteiger charge is 2.63. The van der Waals surface area contributed by atoms with Crippen LogP contribution in [0, 0.1) is 0 Å². The first-order chi connectivity index (χ1) is 12.7. The highest BCUT2D eigenvalue weighted by molar-refractivity contribution is 6.06. The molecule has 3 saturated heterocycles. The molecule has 1 aromatic rings. The molecule has 3 atom stereocenters. The van der Waals surface area contributed by atoms with Crippen LogP contribution in [-0.2, 0) is 23.7 Å². The van der Waals surface area contributed by atoms with Crippen LogP contribution in [0.2, 0.25) is 0 Å². The molecule has 0 aliphatic carbocycles. The Bertz CT molecular complexity index is 804. The highest BCUT2D eigenvalue weighted by atomic mass is 16.8. The molecule has 0 radical (unpaired) electrons. The Morgan fingerprint density at radius 1 is 1.19 bits per heavy atom. The molecule has 0 aromatic heterocycles. The van der Waals surface area contributed by atoms with Crippen molar-refractivity contribution in [3.8, 4) is 5.75 Å². The molecule has 9 nitrogen and oxygen atoms in total. The predicted octanol–water partition coefficient (Wildman–Crippen LogP) is 1.10. The molecule has 0 bridgehead atoms. The topological polar surface area (TPSA) is 101 Å². The largest absolute Gasteiger partial charge is 0.497 e. The fourth-order valence-corrected chi connectivity index (χ4v) is 3.43. The summed E-state index contributed by atoms with van der Waals surface area (Å²) in [6.45, 7) is 3.04. The molecule has 9 heteroatoms. The molecule has 1 spiro atoms. The normalized spacial score (nSPS) is 31.7. The molecule has 3 heterocycles. The van der Waals surface area contributed by atoms with Crippen LogP contribution in [0.1, 0.15) is 24.2 Å². The number of benzene rings is 1. The van der Waals surface area contributed by atoms with Gasteiger partial charge in [0.2, 0.25) is 5.78 Å². The minimum atomic E-state index is -1.87. The lowest BCUT2D eigenvalue weighted by Crippen LogP contribution is -2.59. The molecular formula is C18H19NO8. The van der Waals surface area contributed by atoms with Gasteiger partial charge in [0.15, 0.2) is 11.9 Å². The predicted molar refractivity (Wildman–Crippen MR) is 88.0 cm³/mol. The Kier molecular flexibility index (Phi) is 3.99. The second kappa shape index (κ2) is 6.01. The number of methoxy groups -OCH3 is 1. The van der Waals surface area contributed by atoms with Gasteiger partial charge < -0.3 is 23.7 Å². The van der Waals surface area contributed by atoms with Gasteiger partial charge in [-0.3, -0.25) is 9.59 Å². The van der Waals surface area contributed by atoms with E-state index in [4.69, 9.17) is 23.7 Å².